The number of morpholine rings is 1. The van der Waals surface area contributed by atoms with Crippen LogP contribution in [0.5, 0.6) is 0 Å². The summed E-state index contributed by atoms with van der Waals surface area (Å²) in [6.45, 7) is 2.10. The Bertz CT molecular complexity index is 315. The quantitative estimate of drug-likeness (QED) is 0.709. The summed E-state index contributed by atoms with van der Waals surface area (Å²) in [6.07, 6.45) is 1.73. The zero-order valence-corrected chi connectivity index (χ0v) is 8.47. The second-order valence-corrected chi connectivity index (χ2v) is 3.55. The molecule has 0 amide bonds. The number of nitrogens with two attached hydrogens (primary N) is 1. The Hall–Kier alpha value is -1.33. The van der Waals surface area contributed by atoms with Crippen molar-refractivity contribution >= 4 is 11.5 Å². The van der Waals surface area contributed by atoms with Gasteiger partial charge in [-0.2, -0.15) is 0 Å². The highest BCUT2D eigenvalue weighted by Gasteiger charge is 2.22. The van der Waals surface area contributed by atoms with Crippen molar-refractivity contribution in [2.24, 2.45) is 0 Å². The molecular formula is C10H15N3O2. The molecule has 1 fully saturated rings. The largest absolute Gasteiger partial charge is 0.394 e. The topological polar surface area (TPSA) is 71.6 Å². The van der Waals surface area contributed by atoms with Gasteiger partial charge in [-0.05, 0) is 12.1 Å². The van der Waals surface area contributed by atoms with Crippen molar-refractivity contribution in [2.45, 2.75) is 6.04 Å². The lowest BCUT2D eigenvalue weighted by atomic mass is 10.2. The highest BCUT2D eigenvalue weighted by molar-refractivity contribution is 5.49. The van der Waals surface area contributed by atoms with Crippen molar-refractivity contribution < 1.29 is 9.84 Å². The maximum Gasteiger partial charge on any atom is 0.123 e. The molecule has 2 rings (SSSR count). The molecule has 1 unspecified atom stereocenters. The molecule has 0 saturated carbocycles. The fourth-order valence-electron chi connectivity index (χ4n) is 1.71. The first kappa shape index (κ1) is 10.2. The third-order valence-corrected chi connectivity index (χ3v) is 2.54. The minimum absolute atomic E-state index is 0.0178. The van der Waals surface area contributed by atoms with Gasteiger partial charge in [-0.25, -0.2) is 4.98 Å². The standard InChI is InChI=1S/C10H15N3O2/c11-10-2-1-8(5-12-10)13-3-4-15-7-9(13)6-14/h1-2,5,9,14H,3-4,6-7H2,(H2,11,12). The first-order valence-electron chi connectivity index (χ1n) is 4.98. The van der Waals surface area contributed by atoms with Gasteiger partial charge >= 0.3 is 0 Å². The molecule has 1 saturated heterocycles. The van der Waals surface area contributed by atoms with Gasteiger partial charge in [-0.1, -0.05) is 0 Å². The fourth-order valence-corrected chi connectivity index (χ4v) is 1.71. The molecule has 1 aromatic heterocycles. The molecule has 5 heteroatoms. The second-order valence-electron chi connectivity index (χ2n) is 3.55. The van der Waals surface area contributed by atoms with Crippen molar-refractivity contribution in [3.63, 3.8) is 0 Å². The van der Waals surface area contributed by atoms with E-state index in [0.717, 1.165) is 12.2 Å². The van der Waals surface area contributed by atoms with Gasteiger partial charge in [0, 0.05) is 6.54 Å². The van der Waals surface area contributed by atoms with Gasteiger partial charge in [-0.15, -0.1) is 0 Å². The average molecular weight is 209 g/mol. The van der Waals surface area contributed by atoms with Crippen molar-refractivity contribution in [3.8, 4) is 0 Å². The van der Waals surface area contributed by atoms with Crippen LogP contribution in [0.25, 0.3) is 0 Å². The smallest absolute Gasteiger partial charge is 0.123 e. The maximum atomic E-state index is 9.21. The highest BCUT2D eigenvalue weighted by Crippen LogP contribution is 2.19. The van der Waals surface area contributed by atoms with Crippen LogP contribution < -0.4 is 10.6 Å². The summed E-state index contributed by atoms with van der Waals surface area (Å²) >= 11 is 0. The van der Waals surface area contributed by atoms with Crippen LogP contribution in [0.1, 0.15) is 0 Å². The minimum atomic E-state index is 0.0178. The summed E-state index contributed by atoms with van der Waals surface area (Å²) < 4.78 is 5.30. The van der Waals surface area contributed by atoms with E-state index in [1.54, 1.807) is 12.3 Å². The predicted octanol–water partition coefficient (Wildman–Crippen LogP) is -0.139. The number of pyridine rings is 1. The summed E-state index contributed by atoms with van der Waals surface area (Å²) in [5, 5.41) is 9.21. The number of aliphatic hydroxyl groups is 1. The van der Waals surface area contributed by atoms with E-state index in [0.29, 0.717) is 19.0 Å². The Balaban J connectivity index is 2.16. The van der Waals surface area contributed by atoms with Gasteiger partial charge in [0.15, 0.2) is 0 Å². The number of rotatable bonds is 2. The van der Waals surface area contributed by atoms with Crippen LogP contribution in [0.4, 0.5) is 11.5 Å². The number of aromatic nitrogens is 1. The summed E-state index contributed by atoms with van der Waals surface area (Å²) in [6, 6.07) is 3.69. The molecule has 0 aromatic carbocycles. The molecular weight excluding hydrogens is 194 g/mol. The fraction of sp³-hybridized carbons (Fsp3) is 0.500. The number of hydrogen-bond donors (Lipinski definition) is 2. The summed E-state index contributed by atoms with van der Waals surface area (Å²) in [4.78, 5) is 6.13. The van der Waals surface area contributed by atoms with Crippen molar-refractivity contribution in [1.29, 1.82) is 0 Å². The highest BCUT2D eigenvalue weighted by atomic mass is 16.5. The first-order valence-corrected chi connectivity index (χ1v) is 4.98. The SMILES string of the molecule is Nc1ccc(N2CCOCC2CO)cn1. The Morgan fingerprint density at radius 3 is 3.13 bits per heavy atom. The number of nitrogen functional groups attached to an aromatic ring is 1. The van der Waals surface area contributed by atoms with E-state index in [9.17, 15) is 5.11 Å². The molecule has 1 aliphatic rings. The van der Waals surface area contributed by atoms with Crippen LogP contribution >= 0.6 is 0 Å². The van der Waals surface area contributed by atoms with Crippen LogP contribution in [-0.2, 0) is 4.74 Å². The van der Waals surface area contributed by atoms with E-state index in [4.69, 9.17) is 10.5 Å². The van der Waals surface area contributed by atoms with Crippen molar-refractivity contribution in [1.82, 2.24) is 4.98 Å². The lowest BCUT2D eigenvalue weighted by molar-refractivity contribution is 0.0727. The van der Waals surface area contributed by atoms with Crippen LogP contribution in [0.3, 0.4) is 0 Å². The molecule has 0 spiro atoms. The summed E-state index contributed by atoms with van der Waals surface area (Å²) in [5.74, 6) is 0.507. The van der Waals surface area contributed by atoms with Crippen molar-refractivity contribution in [2.75, 3.05) is 37.0 Å². The molecule has 82 valence electrons. The zero-order chi connectivity index (χ0) is 10.7. The van der Waals surface area contributed by atoms with E-state index in [-0.39, 0.29) is 12.6 Å². The molecule has 1 atom stereocenters. The molecule has 2 heterocycles. The van der Waals surface area contributed by atoms with Gasteiger partial charge < -0.3 is 20.5 Å². The Morgan fingerprint density at radius 2 is 2.47 bits per heavy atom. The summed E-state index contributed by atoms with van der Waals surface area (Å²) in [5.41, 5.74) is 6.50. The van der Waals surface area contributed by atoms with Crippen LogP contribution in [-0.4, -0.2) is 42.5 Å². The van der Waals surface area contributed by atoms with Crippen molar-refractivity contribution in [3.05, 3.63) is 18.3 Å². The second kappa shape index (κ2) is 4.46. The lowest BCUT2D eigenvalue weighted by Gasteiger charge is -2.36. The minimum Gasteiger partial charge on any atom is -0.394 e. The van der Waals surface area contributed by atoms with E-state index in [1.165, 1.54) is 0 Å². The molecule has 3 N–H and O–H groups in total. The van der Waals surface area contributed by atoms with E-state index in [2.05, 4.69) is 9.88 Å². The number of aliphatic hydroxyl groups excluding tert-OH is 1. The molecule has 0 aliphatic carbocycles. The molecule has 0 bridgehead atoms. The molecule has 5 nitrogen and oxygen atoms in total. The first-order chi connectivity index (χ1) is 7.31. The Labute approximate surface area is 88.5 Å². The third-order valence-electron chi connectivity index (χ3n) is 2.54. The predicted molar refractivity (Wildman–Crippen MR) is 57.7 cm³/mol. The maximum absolute atomic E-state index is 9.21. The third kappa shape index (κ3) is 2.19. The number of anilines is 2. The van der Waals surface area contributed by atoms with E-state index in [1.807, 2.05) is 6.07 Å². The Morgan fingerprint density at radius 1 is 1.60 bits per heavy atom. The van der Waals surface area contributed by atoms with Crippen LogP contribution in [0.15, 0.2) is 18.3 Å². The van der Waals surface area contributed by atoms with Gasteiger partial charge in [0.1, 0.15) is 5.82 Å². The van der Waals surface area contributed by atoms with Gasteiger partial charge in [0.25, 0.3) is 0 Å². The van der Waals surface area contributed by atoms with E-state index >= 15 is 0 Å². The molecule has 1 aromatic rings. The Kier molecular flexibility index (Phi) is 3.03. The van der Waals surface area contributed by atoms with Gasteiger partial charge in [0.2, 0.25) is 0 Å². The monoisotopic (exact) mass is 209 g/mol. The summed E-state index contributed by atoms with van der Waals surface area (Å²) in [7, 11) is 0. The molecule has 0 radical (unpaired) electrons. The number of hydrogen-bond acceptors (Lipinski definition) is 5. The average Bonchev–Trinajstić information content (AvgIpc) is 2.30. The normalized spacial score (nSPS) is 21.7. The molecule has 15 heavy (non-hydrogen) atoms. The van der Waals surface area contributed by atoms with Gasteiger partial charge in [0.05, 0.1) is 37.7 Å². The number of ether oxygens (including phenoxy) is 1. The van der Waals surface area contributed by atoms with Gasteiger partial charge in [-0.3, -0.25) is 0 Å². The lowest BCUT2D eigenvalue weighted by Crippen LogP contribution is -2.47. The van der Waals surface area contributed by atoms with Crippen LogP contribution in [0.2, 0.25) is 0 Å². The number of nitrogens with zero attached hydrogens (tertiary/aromatic N) is 2. The molecule has 1 aliphatic heterocycles. The van der Waals surface area contributed by atoms with Crippen LogP contribution in [0, 0.1) is 0 Å². The van der Waals surface area contributed by atoms with E-state index < -0.39 is 0 Å². The zero-order valence-electron chi connectivity index (χ0n) is 8.47.